The monoisotopic (exact) mass is 404 g/mol. The van der Waals surface area contributed by atoms with Crippen LogP contribution in [0.25, 0.3) is 0 Å². The van der Waals surface area contributed by atoms with Crippen molar-refractivity contribution in [2.45, 2.75) is 32.3 Å². The van der Waals surface area contributed by atoms with Gasteiger partial charge < -0.3 is 10.1 Å². The van der Waals surface area contributed by atoms with Crippen LogP contribution in [0.1, 0.15) is 42.1 Å². The van der Waals surface area contributed by atoms with E-state index in [-0.39, 0.29) is 11.8 Å². The number of pyridine rings is 1. The average molecular weight is 405 g/mol. The molecule has 2 atom stereocenters. The highest BCUT2D eigenvalue weighted by molar-refractivity contribution is 9.10. The van der Waals surface area contributed by atoms with Crippen molar-refractivity contribution in [2.75, 3.05) is 6.54 Å². The van der Waals surface area contributed by atoms with Crippen LogP contribution >= 0.6 is 15.9 Å². The summed E-state index contributed by atoms with van der Waals surface area (Å²) < 4.78 is 5.89. The van der Waals surface area contributed by atoms with E-state index in [1.54, 1.807) is 19.2 Å². The van der Waals surface area contributed by atoms with Gasteiger partial charge in [-0.1, -0.05) is 37.3 Å². The molecule has 5 nitrogen and oxygen atoms in total. The quantitative estimate of drug-likeness (QED) is 0.714. The van der Waals surface area contributed by atoms with Gasteiger partial charge in [-0.15, -0.1) is 0 Å². The maximum Gasteiger partial charge on any atom is 0.340 e. The molecule has 1 N–H and O–H groups in total. The van der Waals surface area contributed by atoms with Gasteiger partial charge in [0, 0.05) is 29.3 Å². The largest absolute Gasteiger partial charge is 0.449 e. The van der Waals surface area contributed by atoms with Crippen LogP contribution in [0.3, 0.4) is 0 Å². The molecule has 0 unspecified atom stereocenters. The van der Waals surface area contributed by atoms with Gasteiger partial charge in [-0.25, -0.2) is 4.79 Å². The first kappa shape index (κ1) is 19.1. The van der Waals surface area contributed by atoms with Crippen molar-refractivity contribution < 1.29 is 14.3 Å². The lowest BCUT2D eigenvalue weighted by Gasteiger charge is -2.18. The summed E-state index contributed by atoms with van der Waals surface area (Å²) >= 11 is 3.25. The maximum atomic E-state index is 12.2. The highest BCUT2D eigenvalue weighted by Gasteiger charge is 2.20. The first-order valence-electron chi connectivity index (χ1n) is 8.15. The molecule has 0 fully saturated rings. The van der Waals surface area contributed by atoms with Gasteiger partial charge in [0.1, 0.15) is 0 Å². The molecule has 132 valence electrons. The molecule has 0 saturated heterocycles. The molecule has 25 heavy (non-hydrogen) atoms. The molecule has 0 radical (unpaired) electrons. The minimum atomic E-state index is -0.875. The number of halogens is 1. The Morgan fingerprint density at radius 1 is 1.24 bits per heavy atom. The second kappa shape index (κ2) is 9.32. The molecular formula is C19H21BrN2O3. The molecule has 0 aliphatic rings. The number of hydrogen-bond donors (Lipinski definition) is 1. The van der Waals surface area contributed by atoms with Crippen LogP contribution in [0.4, 0.5) is 0 Å². The fraction of sp³-hybridized carbons (Fsp3) is 0.316. The molecule has 0 saturated carbocycles. The number of esters is 1. The van der Waals surface area contributed by atoms with E-state index in [4.69, 9.17) is 4.74 Å². The summed E-state index contributed by atoms with van der Waals surface area (Å²) in [6, 6.07) is 11.6. The minimum Gasteiger partial charge on any atom is -0.449 e. The van der Waals surface area contributed by atoms with Crippen LogP contribution in [0, 0.1) is 0 Å². The van der Waals surface area contributed by atoms with Crippen LogP contribution in [-0.4, -0.2) is 29.5 Å². The Morgan fingerprint density at radius 2 is 1.96 bits per heavy atom. The Bertz CT molecular complexity index is 722. The van der Waals surface area contributed by atoms with Gasteiger partial charge in [0.15, 0.2) is 6.10 Å². The van der Waals surface area contributed by atoms with Crippen LogP contribution in [0.15, 0.2) is 53.3 Å². The van der Waals surface area contributed by atoms with Gasteiger partial charge >= 0.3 is 5.97 Å². The van der Waals surface area contributed by atoms with Gasteiger partial charge in [-0.3, -0.25) is 9.78 Å². The van der Waals surface area contributed by atoms with E-state index in [9.17, 15) is 9.59 Å². The standard InChI is InChI=1S/C19H21BrN2O3/c1-3-14(15-7-5-4-6-8-15)11-22-18(23)13(2)25-19(24)16-9-17(20)12-21-10-16/h4-10,12-14H,3,11H2,1-2H3,(H,22,23)/t13-,14+/m0/s1. The molecule has 0 bridgehead atoms. The zero-order valence-electron chi connectivity index (χ0n) is 14.2. The summed E-state index contributed by atoms with van der Waals surface area (Å²) in [6.07, 6.45) is 3.00. The van der Waals surface area contributed by atoms with Crippen LogP contribution in [0.5, 0.6) is 0 Å². The fourth-order valence-corrected chi connectivity index (χ4v) is 2.76. The number of carbonyl (C=O) groups excluding carboxylic acids is 2. The van der Waals surface area contributed by atoms with Crippen molar-refractivity contribution >= 4 is 27.8 Å². The van der Waals surface area contributed by atoms with Crippen LogP contribution in [-0.2, 0) is 9.53 Å². The average Bonchev–Trinajstić information content (AvgIpc) is 2.62. The third-order valence-electron chi connectivity index (χ3n) is 3.88. The van der Waals surface area contributed by atoms with Crippen molar-refractivity contribution in [1.29, 1.82) is 0 Å². The number of ether oxygens (including phenoxy) is 1. The molecule has 1 aromatic heterocycles. The summed E-state index contributed by atoms with van der Waals surface area (Å²) in [7, 11) is 0. The Balaban J connectivity index is 1.88. The number of carbonyl (C=O) groups is 2. The lowest BCUT2D eigenvalue weighted by Crippen LogP contribution is -2.38. The van der Waals surface area contributed by atoms with E-state index in [0.717, 1.165) is 6.42 Å². The summed E-state index contributed by atoms with van der Waals surface area (Å²) in [5, 5.41) is 2.86. The number of rotatable bonds is 7. The fourth-order valence-electron chi connectivity index (χ4n) is 2.40. The molecule has 0 aliphatic heterocycles. The van der Waals surface area contributed by atoms with Gasteiger partial charge in [0.05, 0.1) is 5.56 Å². The zero-order valence-corrected chi connectivity index (χ0v) is 15.8. The summed E-state index contributed by atoms with van der Waals surface area (Å²) in [6.45, 7) is 4.13. The number of benzene rings is 1. The zero-order chi connectivity index (χ0) is 18.2. The van der Waals surface area contributed by atoms with Crippen molar-refractivity contribution in [2.24, 2.45) is 0 Å². The second-order valence-electron chi connectivity index (χ2n) is 5.70. The third kappa shape index (κ3) is 5.67. The SMILES string of the molecule is CC[C@H](CNC(=O)[C@H](C)OC(=O)c1cncc(Br)c1)c1ccccc1. The lowest BCUT2D eigenvalue weighted by molar-refractivity contribution is -0.129. The Kier molecular flexibility index (Phi) is 7.13. The first-order valence-corrected chi connectivity index (χ1v) is 8.94. The molecule has 0 aliphatic carbocycles. The minimum absolute atomic E-state index is 0.224. The third-order valence-corrected chi connectivity index (χ3v) is 4.31. The van der Waals surface area contributed by atoms with E-state index in [2.05, 4.69) is 33.2 Å². The maximum absolute atomic E-state index is 12.2. The highest BCUT2D eigenvalue weighted by atomic mass is 79.9. The Hall–Kier alpha value is -2.21. The molecule has 1 amide bonds. The van der Waals surface area contributed by atoms with Crippen molar-refractivity contribution in [3.05, 3.63) is 64.4 Å². The number of amides is 1. The van der Waals surface area contributed by atoms with Crippen molar-refractivity contribution in [3.63, 3.8) is 0 Å². The predicted octanol–water partition coefficient (Wildman–Crippen LogP) is 3.70. The molecule has 1 heterocycles. The van der Waals surface area contributed by atoms with E-state index in [1.165, 1.54) is 11.8 Å². The molecule has 0 spiro atoms. The molecule has 1 aromatic carbocycles. The molecule has 2 rings (SSSR count). The first-order chi connectivity index (χ1) is 12.0. The van der Waals surface area contributed by atoms with Gasteiger partial charge in [0.25, 0.3) is 5.91 Å². The van der Waals surface area contributed by atoms with Gasteiger partial charge in [0.2, 0.25) is 0 Å². The van der Waals surface area contributed by atoms with E-state index in [0.29, 0.717) is 16.6 Å². The lowest BCUT2D eigenvalue weighted by atomic mass is 9.96. The number of aromatic nitrogens is 1. The predicted molar refractivity (Wildman–Crippen MR) is 99.3 cm³/mol. The second-order valence-corrected chi connectivity index (χ2v) is 6.62. The Morgan fingerprint density at radius 3 is 2.60 bits per heavy atom. The van der Waals surface area contributed by atoms with Gasteiger partial charge in [-0.05, 0) is 40.9 Å². The Labute approximate surface area is 155 Å². The summed E-state index contributed by atoms with van der Waals surface area (Å²) in [4.78, 5) is 28.2. The smallest absolute Gasteiger partial charge is 0.340 e. The van der Waals surface area contributed by atoms with Crippen LogP contribution in [0.2, 0.25) is 0 Å². The van der Waals surface area contributed by atoms with Crippen LogP contribution < -0.4 is 5.32 Å². The topological polar surface area (TPSA) is 68.3 Å². The van der Waals surface area contributed by atoms with E-state index >= 15 is 0 Å². The molecule has 6 heteroatoms. The summed E-state index contributed by atoms with van der Waals surface area (Å²) in [5.41, 5.74) is 1.47. The summed E-state index contributed by atoms with van der Waals surface area (Å²) in [5.74, 6) is -0.667. The molecular weight excluding hydrogens is 384 g/mol. The number of hydrogen-bond acceptors (Lipinski definition) is 4. The molecule has 2 aromatic rings. The van der Waals surface area contributed by atoms with Crippen molar-refractivity contribution in [1.82, 2.24) is 10.3 Å². The normalized spacial score (nSPS) is 12.9. The van der Waals surface area contributed by atoms with E-state index in [1.807, 2.05) is 30.3 Å². The number of nitrogens with zero attached hydrogens (tertiary/aromatic N) is 1. The highest BCUT2D eigenvalue weighted by Crippen LogP contribution is 2.18. The van der Waals surface area contributed by atoms with Gasteiger partial charge in [-0.2, -0.15) is 0 Å². The van der Waals surface area contributed by atoms with E-state index < -0.39 is 12.1 Å². The van der Waals surface area contributed by atoms with Crippen molar-refractivity contribution in [3.8, 4) is 0 Å². The number of nitrogens with one attached hydrogen (secondary N) is 1.